The fourth-order valence-corrected chi connectivity index (χ4v) is 0.653. The van der Waals surface area contributed by atoms with E-state index in [4.69, 9.17) is 9.47 Å². The molecule has 54 valence electrons. The maximum absolute atomic E-state index is 5.33. The molecule has 0 amide bonds. The Morgan fingerprint density at radius 1 is 1.33 bits per heavy atom. The van der Waals surface area contributed by atoms with Crippen molar-refractivity contribution in [3.05, 3.63) is 0 Å². The highest BCUT2D eigenvalue weighted by Gasteiger charge is 2.21. The van der Waals surface area contributed by atoms with Gasteiger partial charge in [0.1, 0.15) is 0 Å². The van der Waals surface area contributed by atoms with E-state index >= 15 is 0 Å². The van der Waals surface area contributed by atoms with Crippen molar-refractivity contribution < 1.29 is 9.47 Å². The van der Waals surface area contributed by atoms with E-state index < -0.39 is 0 Å². The summed E-state index contributed by atoms with van der Waals surface area (Å²) in [6.07, 6.45) is 3.09. The van der Waals surface area contributed by atoms with Crippen molar-refractivity contribution >= 4 is 0 Å². The summed E-state index contributed by atoms with van der Waals surface area (Å²) < 4.78 is 10.4. The summed E-state index contributed by atoms with van der Waals surface area (Å²) in [6, 6.07) is 0. The van der Waals surface area contributed by atoms with E-state index in [1.807, 2.05) is 6.92 Å². The first-order chi connectivity index (χ1) is 4.43. The Morgan fingerprint density at radius 3 is 2.67 bits per heavy atom. The van der Waals surface area contributed by atoms with Gasteiger partial charge in [-0.15, -0.1) is 0 Å². The molecule has 0 unspecified atom stereocenters. The molecular formula is C7H14O2. The molecule has 2 nitrogen and oxygen atoms in total. The van der Waals surface area contributed by atoms with Crippen LogP contribution in [0, 0.1) is 0 Å². The van der Waals surface area contributed by atoms with E-state index in [1.165, 1.54) is 12.8 Å². The molecule has 1 rings (SSSR count). The second-order valence-electron chi connectivity index (χ2n) is 2.27. The van der Waals surface area contributed by atoms with Crippen molar-refractivity contribution in [2.75, 3.05) is 19.8 Å². The minimum absolute atomic E-state index is 0.574. The lowest BCUT2D eigenvalue weighted by atomic mass is 10.7. The molecular weight excluding hydrogens is 116 g/mol. The van der Waals surface area contributed by atoms with Crippen molar-refractivity contribution in [1.82, 2.24) is 0 Å². The van der Waals surface area contributed by atoms with Crippen molar-refractivity contribution in [3.63, 3.8) is 0 Å². The van der Waals surface area contributed by atoms with Crippen LogP contribution in [0.25, 0.3) is 0 Å². The van der Waals surface area contributed by atoms with E-state index in [0.717, 1.165) is 19.8 Å². The Balaban J connectivity index is 1.71. The minimum Gasteiger partial charge on any atom is -0.379 e. The largest absolute Gasteiger partial charge is 0.379 e. The van der Waals surface area contributed by atoms with Crippen LogP contribution in [0.4, 0.5) is 0 Å². The Labute approximate surface area is 56.2 Å². The molecule has 1 aliphatic carbocycles. The zero-order chi connectivity index (χ0) is 6.53. The van der Waals surface area contributed by atoms with Crippen LogP contribution >= 0.6 is 0 Å². The SMILES string of the molecule is CCOCCOC1CC1. The average molecular weight is 130 g/mol. The van der Waals surface area contributed by atoms with Gasteiger partial charge in [0, 0.05) is 6.61 Å². The highest BCUT2D eigenvalue weighted by Crippen LogP contribution is 2.22. The normalized spacial score (nSPS) is 18.3. The topological polar surface area (TPSA) is 18.5 Å². The second kappa shape index (κ2) is 3.85. The standard InChI is InChI=1S/C7H14O2/c1-2-8-5-6-9-7-3-4-7/h7H,2-6H2,1H3. The van der Waals surface area contributed by atoms with Gasteiger partial charge in [-0.2, -0.15) is 0 Å². The van der Waals surface area contributed by atoms with Crippen LogP contribution in [0.15, 0.2) is 0 Å². The highest BCUT2D eigenvalue weighted by molar-refractivity contribution is 4.72. The molecule has 0 aromatic carbocycles. The summed E-state index contributed by atoms with van der Waals surface area (Å²) in [6.45, 7) is 4.33. The Morgan fingerprint density at radius 2 is 2.11 bits per heavy atom. The van der Waals surface area contributed by atoms with Crippen molar-refractivity contribution in [2.45, 2.75) is 25.9 Å². The molecule has 0 N–H and O–H groups in total. The molecule has 9 heavy (non-hydrogen) atoms. The van der Waals surface area contributed by atoms with Gasteiger partial charge >= 0.3 is 0 Å². The van der Waals surface area contributed by atoms with Crippen LogP contribution in [0.2, 0.25) is 0 Å². The van der Waals surface area contributed by atoms with E-state index in [2.05, 4.69) is 0 Å². The maximum Gasteiger partial charge on any atom is 0.0704 e. The third-order valence-electron chi connectivity index (χ3n) is 1.31. The Bertz CT molecular complexity index is 69.3. The minimum atomic E-state index is 0.574. The van der Waals surface area contributed by atoms with Crippen LogP contribution in [-0.4, -0.2) is 25.9 Å². The first-order valence-corrected chi connectivity index (χ1v) is 3.63. The fraction of sp³-hybridized carbons (Fsp3) is 1.00. The van der Waals surface area contributed by atoms with Crippen molar-refractivity contribution in [3.8, 4) is 0 Å². The third-order valence-corrected chi connectivity index (χ3v) is 1.31. The first kappa shape index (κ1) is 7.03. The molecule has 0 radical (unpaired) electrons. The lowest BCUT2D eigenvalue weighted by Gasteiger charge is -2.00. The molecule has 1 fully saturated rings. The van der Waals surface area contributed by atoms with E-state index in [0.29, 0.717) is 6.10 Å². The van der Waals surface area contributed by atoms with Gasteiger partial charge in [-0.1, -0.05) is 0 Å². The van der Waals surface area contributed by atoms with Gasteiger partial charge in [0.15, 0.2) is 0 Å². The Hall–Kier alpha value is -0.0800. The molecule has 0 aromatic heterocycles. The maximum atomic E-state index is 5.33. The van der Waals surface area contributed by atoms with Crippen LogP contribution in [-0.2, 0) is 9.47 Å². The Kier molecular flexibility index (Phi) is 3.01. The summed E-state index contributed by atoms with van der Waals surface area (Å²) in [7, 11) is 0. The van der Waals surface area contributed by atoms with Crippen LogP contribution in [0.1, 0.15) is 19.8 Å². The number of rotatable bonds is 5. The molecule has 0 aromatic rings. The monoisotopic (exact) mass is 130 g/mol. The van der Waals surface area contributed by atoms with E-state index in [1.54, 1.807) is 0 Å². The summed E-state index contributed by atoms with van der Waals surface area (Å²) in [5.41, 5.74) is 0. The number of hydrogen-bond acceptors (Lipinski definition) is 2. The molecule has 0 atom stereocenters. The van der Waals surface area contributed by atoms with Crippen LogP contribution in [0.3, 0.4) is 0 Å². The van der Waals surface area contributed by atoms with E-state index in [9.17, 15) is 0 Å². The second-order valence-corrected chi connectivity index (χ2v) is 2.27. The van der Waals surface area contributed by atoms with Crippen molar-refractivity contribution in [1.29, 1.82) is 0 Å². The number of ether oxygens (including phenoxy) is 2. The average Bonchev–Trinajstić information content (AvgIpc) is 2.63. The molecule has 0 heterocycles. The van der Waals surface area contributed by atoms with Gasteiger partial charge in [-0.25, -0.2) is 0 Å². The zero-order valence-corrected chi connectivity index (χ0v) is 5.93. The summed E-state index contributed by atoms with van der Waals surface area (Å²) in [4.78, 5) is 0. The van der Waals surface area contributed by atoms with Gasteiger partial charge in [-0.05, 0) is 19.8 Å². The quantitative estimate of drug-likeness (QED) is 0.521. The molecule has 0 spiro atoms. The molecule has 0 saturated heterocycles. The van der Waals surface area contributed by atoms with Crippen LogP contribution < -0.4 is 0 Å². The molecule has 0 aliphatic heterocycles. The molecule has 1 saturated carbocycles. The third kappa shape index (κ3) is 3.49. The van der Waals surface area contributed by atoms with Crippen molar-refractivity contribution in [2.24, 2.45) is 0 Å². The van der Waals surface area contributed by atoms with Gasteiger partial charge < -0.3 is 9.47 Å². The molecule has 2 heteroatoms. The predicted octanol–water partition coefficient (Wildman–Crippen LogP) is 1.20. The smallest absolute Gasteiger partial charge is 0.0704 e. The highest BCUT2D eigenvalue weighted by atomic mass is 16.5. The summed E-state index contributed by atoms with van der Waals surface area (Å²) >= 11 is 0. The van der Waals surface area contributed by atoms with Gasteiger partial charge in [-0.3, -0.25) is 0 Å². The first-order valence-electron chi connectivity index (χ1n) is 3.63. The molecule has 1 aliphatic rings. The van der Waals surface area contributed by atoms with Gasteiger partial charge in [0.2, 0.25) is 0 Å². The van der Waals surface area contributed by atoms with Gasteiger partial charge in [0.25, 0.3) is 0 Å². The fourth-order valence-electron chi connectivity index (χ4n) is 0.653. The molecule has 0 bridgehead atoms. The van der Waals surface area contributed by atoms with Crippen LogP contribution in [0.5, 0.6) is 0 Å². The lowest BCUT2D eigenvalue weighted by molar-refractivity contribution is 0.0449. The predicted molar refractivity (Wildman–Crippen MR) is 35.5 cm³/mol. The summed E-state index contributed by atoms with van der Waals surface area (Å²) in [5.74, 6) is 0. The number of hydrogen-bond donors (Lipinski definition) is 0. The van der Waals surface area contributed by atoms with E-state index in [-0.39, 0.29) is 0 Å². The summed E-state index contributed by atoms with van der Waals surface area (Å²) in [5, 5.41) is 0. The van der Waals surface area contributed by atoms with Gasteiger partial charge in [0.05, 0.1) is 19.3 Å². The zero-order valence-electron chi connectivity index (χ0n) is 5.93. The lowest BCUT2D eigenvalue weighted by Crippen LogP contribution is -2.04.